The van der Waals surface area contributed by atoms with Gasteiger partial charge in [0, 0.05) is 0 Å². The Labute approximate surface area is 108 Å². The first-order chi connectivity index (χ1) is 8.31. The van der Waals surface area contributed by atoms with Crippen LogP contribution in [-0.2, 0) is 12.8 Å². The van der Waals surface area contributed by atoms with Gasteiger partial charge in [-0.3, -0.25) is 0 Å². The minimum Gasteiger partial charge on any atom is -0.507 e. The van der Waals surface area contributed by atoms with Crippen molar-refractivity contribution in [2.75, 3.05) is 0 Å². The maximum Gasteiger partial charge on any atom is 0.339 e. The van der Waals surface area contributed by atoms with E-state index < -0.39 is 5.97 Å². The molecule has 0 aliphatic heterocycles. The lowest BCUT2D eigenvalue weighted by atomic mass is 9.93. The van der Waals surface area contributed by atoms with E-state index in [1.807, 2.05) is 6.07 Å². The molecular formula is C15H22O3. The first-order valence-corrected chi connectivity index (χ1v) is 6.39. The van der Waals surface area contributed by atoms with Crippen LogP contribution >= 0.6 is 0 Å². The van der Waals surface area contributed by atoms with Gasteiger partial charge in [0.2, 0.25) is 0 Å². The molecule has 0 aromatic heterocycles. The molecule has 0 atom stereocenters. The predicted octanol–water partition coefficient (Wildman–Crippen LogP) is 3.49. The predicted molar refractivity (Wildman–Crippen MR) is 72.2 cm³/mol. The highest BCUT2D eigenvalue weighted by atomic mass is 16.4. The van der Waals surface area contributed by atoms with Gasteiger partial charge in [-0.15, -0.1) is 0 Å². The van der Waals surface area contributed by atoms with E-state index in [0.717, 1.165) is 17.5 Å². The van der Waals surface area contributed by atoms with Crippen molar-refractivity contribution in [2.24, 2.45) is 11.8 Å². The molecule has 18 heavy (non-hydrogen) atoms. The Morgan fingerprint density at radius 2 is 1.67 bits per heavy atom. The number of carboxylic acids is 1. The third kappa shape index (κ3) is 3.76. The number of aromatic carboxylic acids is 1. The van der Waals surface area contributed by atoms with Crippen LogP contribution in [-0.4, -0.2) is 16.2 Å². The Kier molecular flexibility index (Phi) is 4.76. The summed E-state index contributed by atoms with van der Waals surface area (Å²) in [6, 6.07) is 3.52. The van der Waals surface area contributed by atoms with Crippen molar-refractivity contribution in [3.8, 4) is 5.75 Å². The molecular weight excluding hydrogens is 228 g/mol. The third-order valence-electron chi connectivity index (χ3n) is 2.75. The molecule has 3 nitrogen and oxygen atoms in total. The standard InChI is InChI=1S/C15H22O3/c1-9(2)5-11-7-12(6-10(3)4)14(16)13(8-11)15(17)18/h7-10,16H,5-6H2,1-4H3,(H,17,18). The van der Waals surface area contributed by atoms with Gasteiger partial charge in [-0.2, -0.15) is 0 Å². The summed E-state index contributed by atoms with van der Waals surface area (Å²) in [7, 11) is 0. The molecule has 0 radical (unpaired) electrons. The van der Waals surface area contributed by atoms with Crippen molar-refractivity contribution in [1.29, 1.82) is 0 Å². The highest BCUT2D eigenvalue weighted by Crippen LogP contribution is 2.28. The summed E-state index contributed by atoms with van der Waals surface area (Å²) >= 11 is 0. The van der Waals surface area contributed by atoms with Crippen molar-refractivity contribution in [3.63, 3.8) is 0 Å². The lowest BCUT2D eigenvalue weighted by Gasteiger charge is -2.13. The maximum atomic E-state index is 11.1. The van der Waals surface area contributed by atoms with Crippen LogP contribution in [0.3, 0.4) is 0 Å². The highest BCUT2D eigenvalue weighted by Gasteiger charge is 2.16. The molecule has 1 rings (SSSR count). The van der Waals surface area contributed by atoms with Gasteiger partial charge >= 0.3 is 5.97 Å². The number of carboxylic acid groups (broad SMARTS) is 1. The first kappa shape index (κ1) is 14.6. The molecule has 0 spiro atoms. The SMILES string of the molecule is CC(C)Cc1cc(CC(C)C)c(O)c(C(=O)O)c1. The van der Waals surface area contributed by atoms with Gasteiger partial charge < -0.3 is 10.2 Å². The second kappa shape index (κ2) is 5.89. The molecule has 1 aromatic carbocycles. The van der Waals surface area contributed by atoms with Crippen LogP contribution in [0.1, 0.15) is 49.2 Å². The van der Waals surface area contributed by atoms with E-state index in [-0.39, 0.29) is 11.3 Å². The van der Waals surface area contributed by atoms with Crippen LogP contribution in [0.15, 0.2) is 12.1 Å². The van der Waals surface area contributed by atoms with E-state index in [1.165, 1.54) is 0 Å². The summed E-state index contributed by atoms with van der Waals surface area (Å²) in [5.41, 5.74) is 1.74. The monoisotopic (exact) mass is 250 g/mol. The zero-order chi connectivity index (χ0) is 13.9. The zero-order valence-electron chi connectivity index (χ0n) is 11.5. The van der Waals surface area contributed by atoms with Gasteiger partial charge in [0.15, 0.2) is 0 Å². The lowest BCUT2D eigenvalue weighted by Crippen LogP contribution is -2.05. The molecule has 2 N–H and O–H groups in total. The van der Waals surface area contributed by atoms with E-state index in [2.05, 4.69) is 27.7 Å². The van der Waals surface area contributed by atoms with E-state index in [0.29, 0.717) is 18.3 Å². The molecule has 0 unspecified atom stereocenters. The average Bonchev–Trinajstić information content (AvgIpc) is 2.20. The van der Waals surface area contributed by atoms with Crippen LogP contribution in [0, 0.1) is 11.8 Å². The van der Waals surface area contributed by atoms with Gasteiger partial charge in [-0.05, 0) is 41.9 Å². The van der Waals surface area contributed by atoms with Crippen LogP contribution in [0.2, 0.25) is 0 Å². The minimum absolute atomic E-state index is 0.0174. The zero-order valence-corrected chi connectivity index (χ0v) is 11.5. The number of rotatable bonds is 5. The topological polar surface area (TPSA) is 57.5 Å². The largest absolute Gasteiger partial charge is 0.507 e. The molecule has 0 bridgehead atoms. The molecule has 100 valence electrons. The Hall–Kier alpha value is -1.51. The molecule has 0 amide bonds. The summed E-state index contributed by atoms with van der Waals surface area (Å²) in [5.74, 6) is -0.304. The van der Waals surface area contributed by atoms with Crippen molar-refractivity contribution >= 4 is 5.97 Å². The molecule has 3 heteroatoms. The van der Waals surface area contributed by atoms with Crippen LogP contribution in [0.25, 0.3) is 0 Å². The summed E-state index contributed by atoms with van der Waals surface area (Å²) in [4.78, 5) is 11.1. The van der Waals surface area contributed by atoms with E-state index >= 15 is 0 Å². The van der Waals surface area contributed by atoms with Gasteiger partial charge in [0.1, 0.15) is 11.3 Å². The number of carbonyl (C=O) groups is 1. The fourth-order valence-electron chi connectivity index (χ4n) is 2.11. The van der Waals surface area contributed by atoms with Gasteiger partial charge in [-0.1, -0.05) is 33.8 Å². The smallest absolute Gasteiger partial charge is 0.339 e. The fourth-order valence-corrected chi connectivity index (χ4v) is 2.11. The summed E-state index contributed by atoms with van der Waals surface area (Å²) in [5, 5.41) is 19.1. The van der Waals surface area contributed by atoms with Crippen molar-refractivity contribution in [1.82, 2.24) is 0 Å². The van der Waals surface area contributed by atoms with Crippen LogP contribution in [0.4, 0.5) is 0 Å². The molecule has 0 aliphatic rings. The van der Waals surface area contributed by atoms with E-state index in [1.54, 1.807) is 6.07 Å². The maximum absolute atomic E-state index is 11.1. The molecule has 0 saturated carbocycles. The summed E-state index contributed by atoms with van der Waals surface area (Å²) in [6.07, 6.45) is 1.52. The summed E-state index contributed by atoms with van der Waals surface area (Å²) < 4.78 is 0. The Morgan fingerprint density at radius 1 is 1.11 bits per heavy atom. The van der Waals surface area contributed by atoms with Crippen LogP contribution < -0.4 is 0 Å². The number of hydrogen-bond acceptors (Lipinski definition) is 2. The van der Waals surface area contributed by atoms with E-state index in [4.69, 9.17) is 5.11 Å². The molecule has 0 heterocycles. The van der Waals surface area contributed by atoms with Crippen molar-refractivity contribution in [3.05, 3.63) is 28.8 Å². The lowest BCUT2D eigenvalue weighted by molar-refractivity contribution is 0.0693. The van der Waals surface area contributed by atoms with Crippen molar-refractivity contribution in [2.45, 2.75) is 40.5 Å². The number of phenols is 1. The Morgan fingerprint density at radius 3 is 2.11 bits per heavy atom. The number of benzene rings is 1. The fraction of sp³-hybridized carbons (Fsp3) is 0.533. The molecule has 0 saturated heterocycles. The molecule has 1 aromatic rings. The van der Waals surface area contributed by atoms with Gasteiger partial charge in [0.05, 0.1) is 0 Å². The average molecular weight is 250 g/mol. The third-order valence-corrected chi connectivity index (χ3v) is 2.75. The Balaban J connectivity index is 3.23. The molecule has 0 aliphatic carbocycles. The number of hydrogen-bond donors (Lipinski definition) is 2. The second-order valence-electron chi connectivity index (χ2n) is 5.65. The second-order valence-corrected chi connectivity index (χ2v) is 5.65. The normalized spacial score (nSPS) is 11.2. The Bertz CT molecular complexity index is 434. The highest BCUT2D eigenvalue weighted by molar-refractivity contribution is 5.91. The quantitative estimate of drug-likeness (QED) is 0.841. The van der Waals surface area contributed by atoms with Crippen LogP contribution in [0.5, 0.6) is 5.75 Å². The first-order valence-electron chi connectivity index (χ1n) is 6.39. The van der Waals surface area contributed by atoms with E-state index in [9.17, 15) is 9.90 Å². The van der Waals surface area contributed by atoms with Gasteiger partial charge in [0.25, 0.3) is 0 Å². The minimum atomic E-state index is -1.07. The van der Waals surface area contributed by atoms with Gasteiger partial charge in [-0.25, -0.2) is 4.79 Å². The summed E-state index contributed by atoms with van der Waals surface area (Å²) in [6.45, 7) is 8.29. The van der Waals surface area contributed by atoms with Crippen molar-refractivity contribution < 1.29 is 15.0 Å². The molecule has 0 fully saturated rings. The number of aromatic hydroxyl groups is 1.